The predicted molar refractivity (Wildman–Crippen MR) is 54.9 cm³/mol. The SMILES string of the molecule is COC(=O)C1=CCNc2ccccc21. The molecule has 1 aromatic carbocycles. The van der Waals surface area contributed by atoms with Crippen LogP contribution in [0.1, 0.15) is 5.56 Å². The van der Waals surface area contributed by atoms with Gasteiger partial charge in [0.15, 0.2) is 0 Å². The first-order chi connectivity index (χ1) is 6.83. The Morgan fingerprint density at radius 1 is 1.43 bits per heavy atom. The highest BCUT2D eigenvalue weighted by atomic mass is 16.5. The number of hydrogen-bond donors (Lipinski definition) is 1. The van der Waals surface area contributed by atoms with Gasteiger partial charge in [0, 0.05) is 17.8 Å². The average molecular weight is 189 g/mol. The molecule has 1 heterocycles. The lowest BCUT2D eigenvalue weighted by molar-refractivity contribution is -0.133. The third-order valence-electron chi connectivity index (χ3n) is 2.22. The van der Waals surface area contributed by atoms with Crippen molar-refractivity contribution < 1.29 is 9.53 Å². The summed E-state index contributed by atoms with van der Waals surface area (Å²) < 4.78 is 4.71. The van der Waals surface area contributed by atoms with Gasteiger partial charge in [0.05, 0.1) is 12.7 Å². The fourth-order valence-corrected chi connectivity index (χ4v) is 1.55. The molecule has 0 aliphatic carbocycles. The second-order valence-corrected chi connectivity index (χ2v) is 3.04. The summed E-state index contributed by atoms with van der Waals surface area (Å²) in [5.74, 6) is -0.279. The van der Waals surface area contributed by atoms with Gasteiger partial charge in [-0.15, -0.1) is 0 Å². The molecule has 0 spiro atoms. The van der Waals surface area contributed by atoms with E-state index in [0.29, 0.717) is 12.1 Å². The molecule has 3 heteroatoms. The first kappa shape index (κ1) is 8.81. The Kier molecular flexibility index (Phi) is 2.23. The summed E-state index contributed by atoms with van der Waals surface area (Å²) >= 11 is 0. The van der Waals surface area contributed by atoms with Gasteiger partial charge in [-0.2, -0.15) is 0 Å². The van der Waals surface area contributed by atoms with Crippen molar-refractivity contribution in [3.8, 4) is 0 Å². The van der Waals surface area contributed by atoms with Crippen LogP contribution in [-0.4, -0.2) is 19.6 Å². The number of benzene rings is 1. The maximum atomic E-state index is 11.4. The third-order valence-corrected chi connectivity index (χ3v) is 2.22. The fourth-order valence-electron chi connectivity index (χ4n) is 1.55. The van der Waals surface area contributed by atoms with Crippen LogP contribution in [0, 0.1) is 0 Å². The van der Waals surface area contributed by atoms with E-state index in [1.807, 2.05) is 30.3 Å². The summed E-state index contributed by atoms with van der Waals surface area (Å²) in [6.07, 6.45) is 1.84. The Labute approximate surface area is 82.4 Å². The molecule has 3 nitrogen and oxygen atoms in total. The molecule has 0 bridgehead atoms. The van der Waals surface area contributed by atoms with Crippen LogP contribution in [0.5, 0.6) is 0 Å². The molecular weight excluding hydrogens is 178 g/mol. The molecule has 0 saturated carbocycles. The lowest BCUT2D eigenvalue weighted by atomic mass is 10.0. The van der Waals surface area contributed by atoms with Crippen LogP contribution in [0.2, 0.25) is 0 Å². The lowest BCUT2D eigenvalue weighted by Crippen LogP contribution is -2.13. The van der Waals surface area contributed by atoms with E-state index in [4.69, 9.17) is 4.74 Å². The van der Waals surface area contributed by atoms with Gasteiger partial charge in [-0.3, -0.25) is 0 Å². The molecule has 0 radical (unpaired) electrons. The number of nitrogens with one attached hydrogen (secondary N) is 1. The molecule has 0 aromatic heterocycles. The number of anilines is 1. The van der Waals surface area contributed by atoms with Crippen molar-refractivity contribution in [2.75, 3.05) is 19.0 Å². The predicted octanol–water partition coefficient (Wildman–Crippen LogP) is 1.67. The highest BCUT2D eigenvalue weighted by Crippen LogP contribution is 2.27. The molecule has 2 rings (SSSR count). The Morgan fingerprint density at radius 3 is 3.00 bits per heavy atom. The maximum Gasteiger partial charge on any atom is 0.338 e. The van der Waals surface area contributed by atoms with Crippen molar-refractivity contribution in [1.29, 1.82) is 0 Å². The van der Waals surface area contributed by atoms with Gasteiger partial charge in [0.25, 0.3) is 0 Å². The third kappa shape index (κ3) is 1.37. The molecule has 1 aliphatic heterocycles. The van der Waals surface area contributed by atoms with Crippen molar-refractivity contribution in [2.45, 2.75) is 0 Å². The second kappa shape index (κ2) is 3.54. The van der Waals surface area contributed by atoms with Gasteiger partial charge in [0.2, 0.25) is 0 Å². The number of rotatable bonds is 1. The number of ether oxygens (including phenoxy) is 1. The summed E-state index contributed by atoms with van der Waals surface area (Å²) in [7, 11) is 1.40. The molecule has 0 fully saturated rings. The van der Waals surface area contributed by atoms with Gasteiger partial charge in [-0.05, 0) is 6.07 Å². The van der Waals surface area contributed by atoms with E-state index in [1.54, 1.807) is 0 Å². The Morgan fingerprint density at radius 2 is 2.21 bits per heavy atom. The fraction of sp³-hybridized carbons (Fsp3) is 0.182. The maximum absolute atomic E-state index is 11.4. The van der Waals surface area contributed by atoms with Crippen molar-refractivity contribution in [2.24, 2.45) is 0 Å². The molecule has 72 valence electrons. The van der Waals surface area contributed by atoms with E-state index in [9.17, 15) is 4.79 Å². The molecule has 0 atom stereocenters. The number of esters is 1. The first-order valence-corrected chi connectivity index (χ1v) is 4.44. The Balaban J connectivity index is 2.45. The molecule has 0 unspecified atom stereocenters. The normalized spacial score (nSPS) is 13.6. The van der Waals surface area contributed by atoms with Crippen molar-refractivity contribution in [1.82, 2.24) is 0 Å². The molecule has 0 amide bonds. The van der Waals surface area contributed by atoms with Crippen molar-refractivity contribution in [3.05, 3.63) is 35.9 Å². The van der Waals surface area contributed by atoms with E-state index in [-0.39, 0.29) is 5.97 Å². The summed E-state index contributed by atoms with van der Waals surface area (Å²) in [4.78, 5) is 11.4. The molecular formula is C11H11NO2. The van der Waals surface area contributed by atoms with Crippen LogP contribution >= 0.6 is 0 Å². The Bertz CT molecular complexity index is 396. The van der Waals surface area contributed by atoms with Gasteiger partial charge < -0.3 is 10.1 Å². The van der Waals surface area contributed by atoms with Crippen LogP contribution < -0.4 is 5.32 Å². The van der Waals surface area contributed by atoms with Crippen LogP contribution in [0.15, 0.2) is 30.3 Å². The first-order valence-electron chi connectivity index (χ1n) is 4.44. The standard InChI is InChI=1S/C11H11NO2/c1-14-11(13)9-6-7-12-10-5-3-2-4-8(9)10/h2-6,12H,7H2,1H3. The number of carbonyl (C=O) groups excluding carboxylic acids is 1. The second-order valence-electron chi connectivity index (χ2n) is 3.04. The van der Waals surface area contributed by atoms with Crippen LogP contribution in [0.4, 0.5) is 5.69 Å². The van der Waals surface area contributed by atoms with Gasteiger partial charge in [-0.1, -0.05) is 24.3 Å². The number of carbonyl (C=O) groups is 1. The zero-order valence-electron chi connectivity index (χ0n) is 7.91. The quantitative estimate of drug-likeness (QED) is 0.683. The molecule has 14 heavy (non-hydrogen) atoms. The monoisotopic (exact) mass is 189 g/mol. The zero-order chi connectivity index (χ0) is 9.97. The largest absolute Gasteiger partial charge is 0.465 e. The zero-order valence-corrected chi connectivity index (χ0v) is 7.91. The Hall–Kier alpha value is -1.77. The topological polar surface area (TPSA) is 38.3 Å². The van der Waals surface area contributed by atoms with E-state index in [2.05, 4.69) is 5.32 Å². The average Bonchev–Trinajstić information content (AvgIpc) is 2.27. The smallest absolute Gasteiger partial charge is 0.338 e. The van der Waals surface area contributed by atoms with Crippen LogP contribution in [-0.2, 0) is 9.53 Å². The highest BCUT2D eigenvalue weighted by molar-refractivity contribution is 6.18. The van der Waals surface area contributed by atoms with Crippen LogP contribution in [0.25, 0.3) is 5.57 Å². The minimum absolute atomic E-state index is 0.279. The van der Waals surface area contributed by atoms with Crippen molar-refractivity contribution >= 4 is 17.2 Å². The van der Waals surface area contributed by atoms with E-state index < -0.39 is 0 Å². The number of fused-ring (bicyclic) bond motifs is 1. The number of hydrogen-bond acceptors (Lipinski definition) is 3. The number of methoxy groups -OCH3 is 1. The summed E-state index contributed by atoms with van der Waals surface area (Å²) in [6, 6.07) is 7.70. The number of para-hydroxylation sites is 1. The molecule has 1 aliphatic rings. The van der Waals surface area contributed by atoms with E-state index in [1.165, 1.54) is 7.11 Å². The molecule has 1 N–H and O–H groups in total. The minimum atomic E-state index is -0.279. The molecule has 0 saturated heterocycles. The van der Waals surface area contributed by atoms with Gasteiger partial charge >= 0.3 is 5.97 Å². The summed E-state index contributed by atoms with van der Waals surface area (Å²) in [5, 5.41) is 3.19. The summed E-state index contributed by atoms with van der Waals surface area (Å²) in [6.45, 7) is 0.668. The molecule has 1 aromatic rings. The van der Waals surface area contributed by atoms with E-state index in [0.717, 1.165) is 11.3 Å². The van der Waals surface area contributed by atoms with Crippen molar-refractivity contribution in [3.63, 3.8) is 0 Å². The van der Waals surface area contributed by atoms with Gasteiger partial charge in [0.1, 0.15) is 0 Å². The lowest BCUT2D eigenvalue weighted by Gasteiger charge is -2.17. The summed E-state index contributed by atoms with van der Waals surface area (Å²) in [5.41, 5.74) is 2.53. The van der Waals surface area contributed by atoms with Crippen LogP contribution in [0.3, 0.4) is 0 Å². The minimum Gasteiger partial charge on any atom is -0.465 e. The van der Waals surface area contributed by atoms with E-state index >= 15 is 0 Å². The highest BCUT2D eigenvalue weighted by Gasteiger charge is 2.17. The van der Waals surface area contributed by atoms with Gasteiger partial charge in [-0.25, -0.2) is 4.79 Å².